The van der Waals surface area contributed by atoms with Crippen LogP contribution in [0.4, 0.5) is 30.7 Å². The van der Waals surface area contributed by atoms with E-state index in [-0.39, 0.29) is 27.5 Å². The van der Waals surface area contributed by atoms with Crippen LogP contribution in [-0.2, 0) is 0 Å². The van der Waals surface area contributed by atoms with Gasteiger partial charge in [-0.2, -0.15) is 13.2 Å². The monoisotopic (exact) mass is 646 g/mol. The molecule has 0 heterocycles. The van der Waals surface area contributed by atoms with E-state index in [9.17, 15) is 22.0 Å². The molecule has 5 aromatic carbocycles. The van der Waals surface area contributed by atoms with Crippen LogP contribution in [0.15, 0.2) is 72.8 Å². The Labute approximate surface area is 269 Å². The molecular weight excluding hydrogens is 613 g/mol. The second-order valence-corrected chi connectivity index (χ2v) is 12.5. The average molecular weight is 647 g/mol. The quantitative estimate of drug-likeness (QED) is 0.0938. The zero-order chi connectivity index (χ0) is 33.3. The zero-order valence-electron chi connectivity index (χ0n) is 25.9. The van der Waals surface area contributed by atoms with Crippen LogP contribution in [0.3, 0.4) is 0 Å². The lowest BCUT2D eigenvalue weighted by Crippen LogP contribution is -2.13. The second-order valence-electron chi connectivity index (χ2n) is 12.5. The Hall–Kier alpha value is -4.31. The van der Waals surface area contributed by atoms with Crippen LogP contribution in [0.25, 0.3) is 43.8 Å². The fraction of sp³-hybridized carbons (Fsp3) is 0.300. The summed E-state index contributed by atoms with van der Waals surface area (Å²) in [6.45, 7) is 2.22. The van der Waals surface area contributed by atoms with Gasteiger partial charge in [0.05, 0.1) is 5.56 Å². The molecule has 7 heteroatoms. The molecule has 0 saturated heterocycles. The van der Waals surface area contributed by atoms with Gasteiger partial charge in [-0.15, -0.1) is 0 Å². The van der Waals surface area contributed by atoms with E-state index in [1.807, 2.05) is 6.07 Å². The Morgan fingerprint density at radius 1 is 0.660 bits per heavy atom. The number of halogens is 7. The van der Waals surface area contributed by atoms with Crippen LogP contribution in [-0.4, -0.2) is 6.18 Å². The van der Waals surface area contributed by atoms with Crippen LogP contribution < -0.4 is 0 Å². The maximum atomic E-state index is 15.8. The van der Waals surface area contributed by atoms with Crippen molar-refractivity contribution in [2.24, 2.45) is 5.92 Å². The van der Waals surface area contributed by atoms with E-state index in [1.165, 1.54) is 68.7 Å². The van der Waals surface area contributed by atoms with E-state index in [1.54, 1.807) is 36.4 Å². The van der Waals surface area contributed by atoms with Crippen molar-refractivity contribution in [2.75, 3.05) is 0 Å². The first-order chi connectivity index (χ1) is 22.5. The lowest BCUT2D eigenvalue weighted by atomic mass is 9.77. The van der Waals surface area contributed by atoms with Crippen molar-refractivity contribution in [3.05, 3.63) is 107 Å². The molecule has 0 atom stereocenters. The Morgan fingerprint density at radius 3 is 2.00 bits per heavy atom. The standard InChI is InChI=1S/C40H33F7/c1-2-3-4-5-24-6-8-25(9-7-24)26-10-14-31(36(41)22-26)27-11-15-32-28(20-27)12-16-33(38(32)43)29-13-17-34-30(21-29)23-37(42)35(39(34)44)18-19-40(45,46)47/h10-17,20-25H,2-9H2,1H3. The van der Waals surface area contributed by atoms with Crippen LogP contribution >= 0.6 is 0 Å². The molecule has 0 aromatic heterocycles. The van der Waals surface area contributed by atoms with Crippen molar-refractivity contribution in [3.63, 3.8) is 0 Å². The van der Waals surface area contributed by atoms with Crippen molar-refractivity contribution in [1.29, 1.82) is 0 Å². The van der Waals surface area contributed by atoms with Crippen LogP contribution in [0.2, 0.25) is 0 Å². The Bertz CT molecular complexity index is 2000. The first kappa shape index (κ1) is 32.6. The molecule has 242 valence electrons. The number of hydrogen-bond donors (Lipinski definition) is 0. The summed E-state index contributed by atoms with van der Waals surface area (Å²) in [5, 5.41) is 0.744. The van der Waals surface area contributed by atoms with Gasteiger partial charge in [-0.05, 0) is 89.2 Å². The van der Waals surface area contributed by atoms with E-state index in [0.717, 1.165) is 36.3 Å². The van der Waals surface area contributed by atoms with Gasteiger partial charge in [0, 0.05) is 27.8 Å². The summed E-state index contributed by atoms with van der Waals surface area (Å²) in [6.07, 6.45) is 4.70. The van der Waals surface area contributed by atoms with Crippen molar-refractivity contribution < 1.29 is 30.7 Å². The predicted octanol–water partition coefficient (Wildman–Crippen LogP) is 12.7. The summed E-state index contributed by atoms with van der Waals surface area (Å²) in [5.74, 6) is 0.196. The number of benzene rings is 5. The van der Waals surface area contributed by atoms with Crippen LogP contribution in [0.1, 0.15) is 75.3 Å². The molecule has 0 spiro atoms. The van der Waals surface area contributed by atoms with E-state index < -0.39 is 29.2 Å². The van der Waals surface area contributed by atoms with Gasteiger partial charge in [0.25, 0.3) is 0 Å². The van der Waals surface area contributed by atoms with Crippen LogP contribution in [0, 0.1) is 41.0 Å². The number of fused-ring (bicyclic) bond motifs is 2. The first-order valence-corrected chi connectivity index (χ1v) is 16.1. The number of hydrogen-bond acceptors (Lipinski definition) is 0. The lowest BCUT2D eigenvalue weighted by molar-refractivity contribution is -0.0696. The van der Waals surface area contributed by atoms with Gasteiger partial charge >= 0.3 is 6.18 Å². The molecule has 0 unspecified atom stereocenters. The van der Waals surface area contributed by atoms with Crippen molar-refractivity contribution in [1.82, 2.24) is 0 Å². The van der Waals surface area contributed by atoms with Gasteiger partial charge in [-0.1, -0.05) is 87.1 Å². The maximum absolute atomic E-state index is 15.8. The summed E-state index contributed by atoms with van der Waals surface area (Å²) >= 11 is 0. The Kier molecular flexibility index (Phi) is 9.32. The highest BCUT2D eigenvalue weighted by molar-refractivity contribution is 5.94. The number of unbranched alkanes of at least 4 members (excludes halogenated alkanes) is 2. The average Bonchev–Trinajstić information content (AvgIpc) is 3.04. The molecule has 0 amide bonds. The second kappa shape index (κ2) is 13.4. The van der Waals surface area contributed by atoms with Crippen molar-refractivity contribution in [3.8, 4) is 34.1 Å². The topological polar surface area (TPSA) is 0 Å². The third-order valence-electron chi connectivity index (χ3n) is 9.46. The predicted molar refractivity (Wildman–Crippen MR) is 174 cm³/mol. The van der Waals surface area contributed by atoms with E-state index >= 15 is 8.78 Å². The molecule has 1 fully saturated rings. The molecule has 47 heavy (non-hydrogen) atoms. The van der Waals surface area contributed by atoms with Gasteiger partial charge in [0.1, 0.15) is 23.3 Å². The summed E-state index contributed by atoms with van der Waals surface area (Å²) < 4.78 is 98.2. The molecule has 1 aliphatic carbocycles. The van der Waals surface area contributed by atoms with E-state index in [4.69, 9.17) is 0 Å². The highest BCUT2D eigenvalue weighted by Gasteiger charge is 2.25. The molecule has 0 aliphatic heterocycles. The first-order valence-electron chi connectivity index (χ1n) is 16.1. The Balaban J connectivity index is 1.24. The highest BCUT2D eigenvalue weighted by atomic mass is 19.4. The summed E-state index contributed by atoms with van der Waals surface area (Å²) in [5.41, 5.74) is 1.59. The molecule has 0 N–H and O–H groups in total. The molecule has 1 saturated carbocycles. The number of rotatable bonds is 7. The summed E-state index contributed by atoms with van der Waals surface area (Å²) in [4.78, 5) is 0. The van der Waals surface area contributed by atoms with Gasteiger partial charge in [-0.25, -0.2) is 17.6 Å². The largest absolute Gasteiger partial charge is 0.458 e. The Morgan fingerprint density at radius 2 is 1.32 bits per heavy atom. The van der Waals surface area contributed by atoms with Crippen LogP contribution in [0.5, 0.6) is 0 Å². The molecule has 0 nitrogen and oxygen atoms in total. The maximum Gasteiger partial charge on any atom is 0.458 e. The fourth-order valence-corrected chi connectivity index (χ4v) is 6.91. The van der Waals surface area contributed by atoms with Gasteiger partial charge in [-0.3, -0.25) is 0 Å². The minimum Gasteiger partial charge on any atom is -0.206 e. The summed E-state index contributed by atoms with van der Waals surface area (Å²) in [6, 6.07) is 18.6. The molecule has 6 rings (SSSR count). The number of alkyl halides is 3. The smallest absolute Gasteiger partial charge is 0.206 e. The van der Waals surface area contributed by atoms with Crippen molar-refractivity contribution in [2.45, 2.75) is 70.4 Å². The van der Waals surface area contributed by atoms with E-state index in [2.05, 4.69) is 6.92 Å². The van der Waals surface area contributed by atoms with Crippen molar-refractivity contribution >= 4 is 21.5 Å². The third-order valence-corrected chi connectivity index (χ3v) is 9.46. The molecule has 5 aromatic rings. The third kappa shape index (κ3) is 7.02. The molecule has 0 radical (unpaired) electrons. The molecule has 0 bridgehead atoms. The zero-order valence-corrected chi connectivity index (χ0v) is 25.9. The minimum absolute atomic E-state index is 0.0452. The molecule has 1 aliphatic rings. The highest BCUT2D eigenvalue weighted by Crippen LogP contribution is 2.40. The molecular formula is C40H33F7. The SMILES string of the molecule is CCCCCC1CCC(c2ccc(-c3ccc4c(F)c(-c5ccc6c(F)c(C#CC(F)(F)F)c(F)cc6c5)ccc4c3)c(F)c2)CC1. The minimum atomic E-state index is -4.91. The van der Waals surface area contributed by atoms with Gasteiger partial charge in [0.15, 0.2) is 0 Å². The summed E-state index contributed by atoms with van der Waals surface area (Å²) in [7, 11) is 0. The van der Waals surface area contributed by atoms with Gasteiger partial charge < -0.3 is 0 Å². The van der Waals surface area contributed by atoms with Gasteiger partial charge in [0.2, 0.25) is 0 Å². The normalized spacial score (nSPS) is 16.8. The lowest BCUT2D eigenvalue weighted by Gasteiger charge is -2.29. The van der Waals surface area contributed by atoms with E-state index in [0.29, 0.717) is 28.0 Å². The fourth-order valence-electron chi connectivity index (χ4n) is 6.91.